The molecule has 1 fully saturated rings. The fourth-order valence-electron chi connectivity index (χ4n) is 2.37. The first kappa shape index (κ1) is 10.3. The minimum Gasteiger partial charge on any atom is -0.303 e. The molecule has 0 aromatic carbocycles. The summed E-state index contributed by atoms with van der Waals surface area (Å²) in [5.41, 5.74) is 0.569. The lowest BCUT2D eigenvalue weighted by molar-refractivity contribution is -0.115. The van der Waals surface area contributed by atoms with Gasteiger partial charge in [0.1, 0.15) is 12.1 Å². The van der Waals surface area contributed by atoms with Gasteiger partial charge in [0.25, 0.3) is 0 Å². The first-order valence-electron chi connectivity index (χ1n) is 5.30. The number of hydrogen-bond donors (Lipinski definition) is 0. The Kier molecular flexibility index (Phi) is 2.80. The van der Waals surface area contributed by atoms with E-state index in [1.54, 1.807) is 6.20 Å². The van der Waals surface area contributed by atoms with Gasteiger partial charge in [-0.3, -0.25) is 4.98 Å². The Morgan fingerprint density at radius 3 is 2.73 bits per heavy atom. The molecule has 1 aliphatic rings. The van der Waals surface area contributed by atoms with Crippen molar-refractivity contribution < 1.29 is 9.18 Å². The van der Waals surface area contributed by atoms with Crippen LogP contribution in [0.4, 0.5) is 4.39 Å². The van der Waals surface area contributed by atoms with Crippen LogP contribution in [0.2, 0.25) is 0 Å². The fourth-order valence-corrected chi connectivity index (χ4v) is 2.37. The van der Waals surface area contributed by atoms with E-state index in [-0.39, 0.29) is 11.2 Å². The van der Waals surface area contributed by atoms with Gasteiger partial charge in [-0.2, -0.15) is 0 Å². The minimum absolute atomic E-state index is 0.254. The van der Waals surface area contributed by atoms with Crippen molar-refractivity contribution >= 4 is 6.29 Å². The van der Waals surface area contributed by atoms with Crippen LogP contribution in [0.25, 0.3) is 0 Å². The highest BCUT2D eigenvalue weighted by atomic mass is 19.1. The third-order valence-electron chi connectivity index (χ3n) is 3.17. The van der Waals surface area contributed by atoms with Gasteiger partial charge in [0.2, 0.25) is 0 Å². The number of nitrogens with zero attached hydrogens (tertiary/aromatic N) is 1. The molecule has 0 atom stereocenters. The maximum Gasteiger partial charge on any atom is 0.141 e. The van der Waals surface area contributed by atoms with Crippen LogP contribution in [0.5, 0.6) is 0 Å². The van der Waals surface area contributed by atoms with Gasteiger partial charge in [-0.05, 0) is 30.9 Å². The first-order chi connectivity index (χ1) is 7.24. The summed E-state index contributed by atoms with van der Waals surface area (Å²) in [6, 6.07) is 1.47. The Labute approximate surface area is 88.5 Å². The molecule has 15 heavy (non-hydrogen) atoms. The SMILES string of the molecule is O=CC1(Cc2cncc(F)c2)CCCC1. The lowest BCUT2D eigenvalue weighted by Gasteiger charge is -2.21. The Bertz CT molecular complexity index is 358. The van der Waals surface area contributed by atoms with Crippen molar-refractivity contribution in [1.29, 1.82) is 0 Å². The second-order valence-corrected chi connectivity index (χ2v) is 4.38. The molecule has 0 N–H and O–H groups in total. The normalized spacial score (nSPS) is 19.0. The molecular weight excluding hydrogens is 193 g/mol. The lowest BCUT2D eigenvalue weighted by Crippen LogP contribution is -2.21. The highest BCUT2D eigenvalue weighted by Crippen LogP contribution is 2.38. The van der Waals surface area contributed by atoms with Gasteiger partial charge < -0.3 is 4.79 Å². The van der Waals surface area contributed by atoms with Crippen LogP contribution in [0.15, 0.2) is 18.5 Å². The number of aromatic nitrogens is 1. The Morgan fingerprint density at radius 2 is 2.13 bits per heavy atom. The van der Waals surface area contributed by atoms with Crippen LogP contribution in [0, 0.1) is 11.2 Å². The molecule has 1 saturated carbocycles. The maximum atomic E-state index is 12.9. The molecule has 0 radical (unpaired) electrons. The van der Waals surface area contributed by atoms with E-state index in [0.717, 1.165) is 37.5 Å². The van der Waals surface area contributed by atoms with Crippen molar-refractivity contribution in [2.75, 3.05) is 0 Å². The number of hydrogen-bond acceptors (Lipinski definition) is 2. The number of pyridine rings is 1. The van der Waals surface area contributed by atoms with Crippen molar-refractivity contribution in [2.24, 2.45) is 5.41 Å². The van der Waals surface area contributed by atoms with Crippen LogP contribution in [0.3, 0.4) is 0 Å². The number of carbonyl (C=O) groups is 1. The number of halogens is 1. The van der Waals surface area contributed by atoms with Gasteiger partial charge in [0, 0.05) is 11.6 Å². The summed E-state index contributed by atoms with van der Waals surface area (Å²) < 4.78 is 12.9. The van der Waals surface area contributed by atoms with Gasteiger partial charge in [-0.15, -0.1) is 0 Å². The van der Waals surface area contributed by atoms with Crippen LogP contribution >= 0.6 is 0 Å². The number of aldehydes is 1. The average molecular weight is 207 g/mol. The van der Waals surface area contributed by atoms with Gasteiger partial charge in [-0.1, -0.05) is 12.8 Å². The largest absolute Gasteiger partial charge is 0.303 e. The third-order valence-corrected chi connectivity index (χ3v) is 3.17. The summed E-state index contributed by atoms with van der Waals surface area (Å²) >= 11 is 0. The molecule has 2 rings (SSSR count). The van der Waals surface area contributed by atoms with Crippen LogP contribution < -0.4 is 0 Å². The Balaban J connectivity index is 2.16. The standard InChI is InChI=1S/C12H14FNO/c13-11-5-10(7-14-8-11)6-12(9-15)3-1-2-4-12/h5,7-9H,1-4,6H2. The topological polar surface area (TPSA) is 30.0 Å². The molecule has 3 heteroatoms. The molecule has 0 bridgehead atoms. The molecule has 1 aromatic rings. The zero-order valence-electron chi connectivity index (χ0n) is 8.58. The molecule has 0 unspecified atom stereocenters. The molecule has 0 spiro atoms. The summed E-state index contributed by atoms with van der Waals surface area (Å²) in [5.74, 6) is -0.327. The molecule has 1 aromatic heterocycles. The molecule has 80 valence electrons. The van der Waals surface area contributed by atoms with Crippen LogP contribution in [-0.4, -0.2) is 11.3 Å². The predicted octanol–water partition coefficient (Wildman–Crippen LogP) is 2.52. The number of carbonyl (C=O) groups excluding carboxylic acids is 1. The summed E-state index contributed by atoms with van der Waals surface area (Å²) in [5, 5.41) is 0. The van der Waals surface area contributed by atoms with Gasteiger partial charge in [0.05, 0.1) is 6.20 Å². The van der Waals surface area contributed by atoms with Crippen LogP contribution in [0.1, 0.15) is 31.2 Å². The smallest absolute Gasteiger partial charge is 0.141 e. The number of rotatable bonds is 3. The first-order valence-corrected chi connectivity index (χ1v) is 5.30. The van der Waals surface area contributed by atoms with Crippen LogP contribution in [-0.2, 0) is 11.2 Å². The second kappa shape index (κ2) is 4.09. The average Bonchev–Trinajstić information content (AvgIpc) is 2.67. The predicted molar refractivity (Wildman–Crippen MR) is 54.9 cm³/mol. The van der Waals surface area contributed by atoms with Crippen molar-refractivity contribution in [3.05, 3.63) is 29.8 Å². The summed E-state index contributed by atoms with van der Waals surface area (Å²) in [4.78, 5) is 14.9. The second-order valence-electron chi connectivity index (χ2n) is 4.38. The van der Waals surface area contributed by atoms with E-state index in [1.807, 2.05) is 0 Å². The molecule has 1 heterocycles. The van der Waals surface area contributed by atoms with E-state index in [4.69, 9.17) is 0 Å². The van der Waals surface area contributed by atoms with Gasteiger partial charge in [0.15, 0.2) is 0 Å². The molecule has 0 saturated heterocycles. The monoisotopic (exact) mass is 207 g/mol. The maximum absolute atomic E-state index is 12.9. The zero-order valence-corrected chi connectivity index (χ0v) is 8.58. The van der Waals surface area contributed by atoms with Gasteiger partial charge >= 0.3 is 0 Å². The fraction of sp³-hybridized carbons (Fsp3) is 0.500. The molecule has 1 aliphatic carbocycles. The van der Waals surface area contributed by atoms with E-state index in [9.17, 15) is 9.18 Å². The molecule has 0 aliphatic heterocycles. The van der Waals surface area contributed by atoms with Gasteiger partial charge in [-0.25, -0.2) is 4.39 Å². The van der Waals surface area contributed by atoms with Crippen molar-refractivity contribution in [3.63, 3.8) is 0 Å². The zero-order chi connectivity index (χ0) is 10.7. The van der Waals surface area contributed by atoms with Crippen molar-refractivity contribution in [2.45, 2.75) is 32.1 Å². The third kappa shape index (κ3) is 2.22. The van der Waals surface area contributed by atoms with E-state index < -0.39 is 0 Å². The Morgan fingerprint density at radius 1 is 1.40 bits per heavy atom. The van der Waals surface area contributed by atoms with E-state index in [0.29, 0.717) is 6.42 Å². The van der Waals surface area contributed by atoms with E-state index >= 15 is 0 Å². The molecular formula is C12H14FNO. The molecule has 2 nitrogen and oxygen atoms in total. The highest BCUT2D eigenvalue weighted by molar-refractivity contribution is 5.60. The van der Waals surface area contributed by atoms with E-state index in [2.05, 4.69) is 4.98 Å². The van der Waals surface area contributed by atoms with E-state index in [1.165, 1.54) is 12.3 Å². The Hall–Kier alpha value is -1.25. The van der Waals surface area contributed by atoms with Crippen molar-refractivity contribution in [1.82, 2.24) is 4.98 Å². The lowest BCUT2D eigenvalue weighted by atomic mass is 9.82. The minimum atomic E-state index is -0.327. The quantitative estimate of drug-likeness (QED) is 0.713. The summed E-state index contributed by atoms with van der Waals surface area (Å²) in [7, 11) is 0. The summed E-state index contributed by atoms with van der Waals surface area (Å²) in [6.07, 6.45) is 8.55. The molecule has 0 amide bonds. The van der Waals surface area contributed by atoms with Crippen molar-refractivity contribution in [3.8, 4) is 0 Å². The summed E-state index contributed by atoms with van der Waals surface area (Å²) in [6.45, 7) is 0. The highest BCUT2D eigenvalue weighted by Gasteiger charge is 2.33.